The molecule has 0 bridgehead atoms. The second-order valence-corrected chi connectivity index (χ2v) is 8.21. The molecule has 1 aliphatic rings. The van der Waals surface area contributed by atoms with Crippen LogP contribution >= 0.6 is 11.8 Å². The van der Waals surface area contributed by atoms with E-state index in [2.05, 4.69) is 17.2 Å². The topological polar surface area (TPSA) is 70.9 Å². The number of aromatic hydroxyl groups is 1. The van der Waals surface area contributed by atoms with Crippen LogP contribution in [0, 0.1) is 0 Å². The number of amidine groups is 1. The minimum absolute atomic E-state index is 0.166. The summed E-state index contributed by atoms with van der Waals surface area (Å²) < 4.78 is 5.81. The van der Waals surface area contributed by atoms with Gasteiger partial charge >= 0.3 is 0 Å². The number of carbonyl (C=O) groups is 1. The molecule has 30 heavy (non-hydrogen) atoms. The average Bonchev–Trinajstić information content (AvgIpc) is 3.09. The van der Waals surface area contributed by atoms with E-state index in [4.69, 9.17) is 4.74 Å². The lowest BCUT2D eigenvalue weighted by atomic mass is 10.1. The summed E-state index contributed by atoms with van der Waals surface area (Å²) in [4.78, 5) is 17.2. The quantitative estimate of drug-likeness (QED) is 0.361. The number of nitrogens with one attached hydrogen (secondary N) is 1. The summed E-state index contributed by atoms with van der Waals surface area (Å²) in [6.45, 7) is 2.97. The van der Waals surface area contributed by atoms with Crippen LogP contribution in [0.4, 0.5) is 5.69 Å². The van der Waals surface area contributed by atoms with Crippen molar-refractivity contribution >= 4 is 34.6 Å². The molecule has 2 aromatic rings. The van der Waals surface area contributed by atoms with Crippen LogP contribution in [0.15, 0.2) is 58.4 Å². The molecule has 1 amide bonds. The van der Waals surface area contributed by atoms with Gasteiger partial charge in [0.05, 0.1) is 17.2 Å². The molecule has 0 saturated carbocycles. The van der Waals surface area contributed by atoms with Crippen LogP contribution in [-0.4, -0.2) is 22.8 Å². The number of aliphatic imine (C=N–C) groups is 1. The summed E-state index contributed by atoms with van der Waals surface area (Å²) in [5, 5.41) is 12.6. The first-order valence-electron chi connectivity index (χ1n) is 10.5. The Bertz CT molecular complexity index is 890. The Morgan fingerprint density at radius 2 is 1.70 bits per heavy atom. The van der Waals surface area contributed by atoms with Gasteiger partial charge in [-0.25, -0.2) is 4.99 Å². The largest absolute Gasteiger partial charge is 0.508 e. The second-order valence-electron chi connectivity index (χ2n) is 7.18. The number of nitrogens with zero attached hydrogens (tertiary/aromatic N) is 1. The lowest BCUT2D eigenvalue weighted by molar-refractivity contribution is -0.115. The minimum atomic E-state index is -0.166. The molecule has 1 aliphatic heterocycles. The van der Waals surface area contributed by atoms with Gasteiger partial charge in [0, 0.05) is 0 Å². The molecule has 5 nitrogen and oxygen atoms in total. The SMILES string of the molecule is CCCCCCCCOc1ccc(/C=C2/SC(=Nc3ccc(O)cc3)NC2=O)cc1. The summed E-state index contributed by atoms with van der Waals surface area (Å²) in [6.07, 6.45) is 9.31. The van der Waals surface area contributed by atoms with Crippen LogP contribution in [-0.2, 0) is 4.79 Å². The number of thioether (sulfide) groups is 1. The number of amides is 1. The molecule has 1 saturated heterocycles. The van der Waals surface area contributed by atoms with Crippen molar-refractivity contribution in [3.63, 3.8) is 0 Å². The third kappa shape index (κ3) is 6.95. The zero-order valence-electron chi connectivity index (χ0n) is 17.3. The number of hydrogen-bond donors (Lipinski definition) is 2. The normalized spacial score (nSPS) is 16.2. The van der Waals surface area contributed by atoms with E-state index < -0.39 is 0 Å². The van der Waals surface area contributed by atoms with E-state index in [9.17, 15) is 9.90 Å². The first-order chi connectivity index (χ1) is 14.6. The summed E-state index contributed by atoms with van der Waals surface area (Å²) in [5.41, 5.74) is 1.61. The van der Waals surface area contributed by atoms with Gasteiger partial charge in [-0.1, -0.05) is 51.2 Å². The summed E-state index contributed by atoms with van der Waals surface area (Å²) in [7, 11) is 0. The van der Waals surface area contributed by atoms with Crippen molar-refractivity contribution in [2.24, 2.45) is 4.99 Å². The van der Waals surface area contributed by atoms with Crippen molar-refractivity contribution in [3.8, 4) is 11.5 Å². The van der Waals surface area contributed by atoms with E-state index in [1.165, 1.54) is 43.9 Å². The number of carbonyl (C=O) groups excluding carboxylic acids is 1. The maximum atomic E-state index is 12.2. The number of phenolic OH excluding ortho intramolecular Hbond substituents is 1. The van der Waals surface area contributed by atoms with Crippen LogP contribution in [0.5, 0.6) is 11.5 Å². The summed E-state index contributed by atoms with van der Waals surface area (Å²) in [6, 6.07) is 14.3. The van der Waals surface area contributed by atoms with E-state index in [1.54, 1.807) is 24.3 Å². The Kier molecular flexibility index (Phi) is 8.39. The molecule has 1 fully saturated rings. The predicted molar refractivity (Wildman–Crippen MR) is 124 cm³/mol. The highest BCUT2D eigenvalue weighted by Crippen LogP contribution is 2.29. The second kappa shape index (κ2) is 11.5. The molecule has 0 aromatic heterocycles. The molecule has 0 spiro atoms. The molecule has 3 rings (SSSR count). The third-order valence-corrected chi connectivity index (χ3v) is 5.59. The lowest BCUT2D eigenvalue weighted by Crippen LogP contribution is -2.19. The van der Waals surface area contributed by atoms with E-state index in [1.807, 2.05) is 30.3 Å². The highest BCUT2D eigenvalue weighted by Gasteiger charge is 2.23. The zero-order chi connectivity index (χ0) is 21.2. The molecule has 2 aromatic carbocycles. The number of hydrogen-bond acceptors (Lipinski definition) is 5. The van der Waals surface area contributed by atoms with Gasteiger partial charge in [0.25, 0.3) is 5.91 Å². The van der Waals surface area contributed by atoms with Gasteiger partial charge in [-0.3, -0.25) is 4.79 Å². The number of rotatable bonds is 10. The Morgan fingerprint density at radius 1 is 1.00 bits per heavy atom. The maximum Gasteiger partial charge on any atom is 0.264 e. The monoisotopic (exact) mass is 424 g/mol. The highest BCUT2D eigenvalue weighted by molar-refractivity contribution is 8.18. The van der Waals surface area contributed by atoms with Crippen molar-refractivity contribution in [1.82, 2.24) is 5.32 Å². The van der Waals surface area contributed by atoms with Crippen LogP contribution in [0.3, 0.4) is 0 Å². The first kappa shape index (κ1) is 22.0. The van der Waals surface area contributed by atoms with Crippen LogP contribution in [0.1, 0.15) is 51.0 Å². The molecule has 0 radical (unpaired) electrons. The molecule has 1 heterocycles. The van der Waals surface area contributed by atoms with Gasteiger partial charge < -0.3 is 15.2 Å². The van der Waals surface area contributed by atoms with Gasteiger partial charge in [-0.05, 0) is 66.2 Å². The Balaban J connectivity index is 1.50. The highest BCUT2D eigenvalue weighted by atomic mass is 32.2. The maximum absolute atomic E-state index is 12.2. The molecule has 0 aliphatic carbocycles. The minimum Gasteiger partial charge on any atom is -0.508 e. The third-order valence-electron chi connectivity index (χ3n) is 4.68. The van der Waals surface area contributed by atoms with Crippen molar-refractivity contribution in [2.45, 2.75) is 45.4 Å². The fourth-order valence-electron chi connectivity index (χ4n) is 3.01. The predicted octanol–water partition coefficient (Wildman–Crippen LogP) is 6.02. The standard InChI is InChI=1S/C24H28N2O3S/c1-2-3-4-5-6-7-16-29-21-14-8-18(9-15-21)17-22-23(28)26-24(30-22)25-19-10-12-20(27)13-11-19/h8-15,17,27H,2-7,16H2,1H3,(H,25,26,28)/b22-17+. The van der Waals surface area contributed by atoms with Crippen molar-refractivity contribution in [1.29, 1.82) is 0 Å². The van der Waals surface area contributed by atoms with Crippen LogP contribution in [0.2, 0.25) is 0 Å². The first-order valence-corrected chi connectivity index (χ1v) is 11.3. The molecule has 158 valence electrons. The van der Waals surface area contributed by atoms with Crippen LogP contribution < -0.4 is 10.1 Å². The summed E-state index contributed by atoms with van der Waals surface area (Å²) in [5.74, 6) is 0.867. The molecular formula is C24H28N2O3S. The molecule has 0 unspecified atom stereocenters. The zero-order valence-corrected chi connectivity index (χ0v) is 18.1. The lowest BCUT2D eigenvalue weighted by Gasteiger charge is -2.06. The van der Waals surface area contributed by atoms with Crippen LogP contribution in [0.25, 0.3) is 6.08 Å². The number of ether oxygens (including phenoxy) is 1. The van der Waals surface area contributed by atoms with Crippen molar-refractivity contribution in [2.75, 3.05) is 6.61 Å². The van der Waals surface area contributed by atoms with E-state index in [-0.39, 0.29) is 11.7 Å². The van der Waals surface area contributed by atoms with E-state index >= 15 is 0 Å². The van der Waals surface area contributed by atoms with Crippen molar-refractivity contribution in [3.05, 3.63) is 59.0 Å². The Morgan fingerprint density at radius 3 is 2.43 bits per heavy atom. The van der Waals surface area contributed by atoms with Crippen molar-refractivity contribution < 1.29 is 14.6 Å². The van der Waals surface area contributed by atoms with Gasteiger partial charge in [0.15, 0.2) is 5.17 Å². The number of phenols is 1. The molecule has 2 N–H and O–H groups in total. The fourth-order valence-corrected chi connectivity index (χ4v) is 3.85. The van der Waals surface area contributed by atoms with Gasteiger partial charge in [0.1, 0.15) is 11.5 Å². The molecule has 6 heteroatoms. The average molecular weight is 425 g/mol. The Labute approximate surface area is 182 Å². The van der Waals surface area contributed by atoms with Gasteiger partial charge in [-0.15, -0.1) is 0 Å². The van der Waals surface area contributed by atoms with Gasteiger partial charge in [0.2, 0.25) is 0 Å². The molecular weight excluding hydrogens is 396 g/mol. The van der Waals surface area contributed by atoms with E-state index in [0.29, 0.717) is 15.8 Å². The van der Waals surface area contributed by atoms with Gasteiger partial charge in [-0.2, -0.15) is 0 Å². The molecule has 0 atom stereocenters. The Hall–Kier alpha value is -2.73. The summed E-state index contributed by atoms with van der Waals surface area (Å²) >= 11 is 1.30. The van der Waals surface area contributed by atoms with E-state index in [0.717, 1.165) is 24.3 Å². The number of unbranched alkanes of at least 4 members (excludes halogenated alkanes) is 5. The number of benzene rings is 2. The smallest absolute Gasteiger partial charge is 0.264 e. The fraction of sp³-hybridized carbons (Fsp3) is 0.333.